The Labute approximate surface area is 157 Å². The Bertz CT molecular complexity index is 693. The molecule has 140 valence electrons. The number of carbonyl (C=O) groups is 2. The van der Waals surface area contributed by atoms with Crippen molar-refractivity contribution in [1.29, 1.82) is 0 Å². The highest BCUT2D eigenvalue weighted by atomic mass is 32.2. The first-order valence-electron chi connectivity index (χ1n) is 8.85. The molecule has 1 saturated heterocycles. The van der Waals surface area contributed by atoms with E-state index < -0.39 is 12.1 Å². The van der Waals surface area contributed by atoms with Crippen LogP contribution in [0.15, 0.2) is 30.3 Å². The summed E-state index contributed by atoms with van der Waals surface area (Å²) in [7, 11) is 0. The number of nitrogens with one attached hydrogen (secondary N) is 1. The zero-order valence-corrected chi connectivity index (χ0v) is 15.6. The fourth-order valence-corrected chi connectivity index (χ4v) is 4.38. The number of rotatable bonds is 4. The smallest absolute Gasteiger partial charge is 0.411 e. The van der Waals surface area contributed by atoms with Crippen molar-refractivity contribution < 1.29 is 18.7 Å². The third-order valence-electron chi connectivity index (χ3n) is 4.66. The summed E-state index contributed by atoms with van der Waals surface area (Å²) in [5.41, 5.74) is 2.21. The Kier molecular flexibility index (Phi) is 6.19. The SMILES string of the molecule is CCOC(=O)N1CSCC1C(=O)NC1CC=C(c2ccc(F)cc2)CC1. The van der Waals surface area contributed by atoms with Crippen LogP contribution >= 0.6 is 11.8 Å². The highest BCUT2D eigenvalue weighted by molar-refractivity contribution is 7.99. The highest BCUT2D eigenvalue weighted by Crippen LogP contribution is 2.28. The Morgan fingerprint density at radius 1 is 1.35 bits per heavy atom. The molecule has 1 aromatic carbocycles. The fraction of sp³-hybridized carbons (Fsp3) is 0.474. The van der Waals surface area contributed by atoms with Crippen molar-refractivity contribution in [2.45, 2.75) is 38.3 Å². The zero-order valence-electron chi connectivity index (χ0n) is 14.7. The first kappa shape index (κ1) is 18.8. The second-order valence-electron chi connectivity index (χ2n) is 6.40. The van der Waals surface area contributed by atoms with Gasteiger partial charge in [0.15, 0.2) is 0 Å². The van der Waals surface area contributed by atoms with Gasteiger partial charge >= 0.3 is 6.09 Å². The lowest BCUT2D eigenvalue weighted by molar-refractivity contribution is -0.125. The maximum absolute atomic E-state index is 13.0. The number of hydrogen-bond acceptors (Lipinski definition) is 4. The summed E-state index contributed by atoms with van der Waals surface area (Å²) in [4.78, 5) is 26.0. The largest absolute Gasteiger partial charge is 0.450 e. The van der Waals surface area contributed by atoms with Gasteiger partial charge in [0.1, 0.15) is 11.9 Å². The van der Waals surface area contributed by atoms with Crippen molar-refractivity contribution in [3.05, 3.63) is 41.7 Å². The number of ether oxygens (including phenoxy) is 1. The van der Waals surface area contributed by atoms with E-state index in [-0.39, 0.29) is 17.8 Å². The van der Waals surface area contributed by atoms with Crippen molar-refractivity contribution in [1.82, 2.24) is 10.2 Å². The molecule has 5 nitrogen and oxygen atoms in total. The van der Waals surface area contributed by atoms with Gasteiger partial charge in [-0.05, 0) is 49.5 Å². The summed E-state index contributed by atoms with van der Waals surface area (Å²) < 4.78 is 18.1. The summed E-state index contributed by atoms with van der Waals surface area (Å²) >= 11 is 1.56. The second kappa shape index (κ2) is 8.58. The summed E-state index contributed by atoms with van der Waals surface area (Å²) in [6, 6.07) is 6.08. The van der Waals surface area contributed by atoms with Crippen LogP contribution in [0.4, 0.5) is 9.18 Å². The lowest BCUT2D eigenvalue weighted by Gasteiger charge is -2.27. The average Bonchev–Trinajstić information content (AvgIpc) is 3.13. The molecule has 0 aromatic heterocycles. The molecule has 1 heterocycles. The molecular weight excluding hydrogens is 355 g/mol. The van der Waals surface area contributed by atoms with Crippen LogP contribution in [-0.2, 0) is 9.53 Å². The summed E-state index contributed by atoms with van der Waals surface area (Å²) in [6.07, 6.45) is 4.07. The molecule has 2 atom stereocenters. The van der Waals surface area contributed by atoms with E-state index in [2.05, 4.69) is 11.4 Å². The molecule has 1 aliphatic heterocycles. The van der Waals surface area contributed by atoms with Crippen molar-refractivity contribution in [3.63, 3.8) is 0 Å². The van der Waals surface area contributed by atoms with Gasteiger partial charge in [-0.15, -0.1) is 11.8 Å². The van der Waals surface area contributed by atoms with Gasteiger partial charge < -0.3 is 10.1 Å². The molecule has 3 rings (SSSR count). The van der Waals surface area contributed by atoms with Crippen molar-refractivity contribution in [3.8, 4) is 0 Å². The van der Waals surface area contributed by atoms with Crippen LogP contribution < -0.4 is 5.32 Å². The van der Waals surface area contributed by atoms with Crippen LogP contribution in [0.25, 0.3) is 5.57 Å². The molecule has 2 aliphatic rings. The van der Waals surface area contributed by atoms with Crippen molar-refractivity contribution in [2.24, 2.45) is 0 Å². The lowest BCUT2D eigenvalue weighted by Crippen LogP contribution is -2.50. The number of amides is 2. The third-order valence-corrected chi connectivity index (χ3v) is 5.67. The standard InChI is InChI=1S/C19H23FN2O3S/c1-2-25-19(24)22-12-26-11-17(22)18(23)21-16-9-5-14(6-10-16)13-3-7-15(20)8-4-13/h3-5,7-8,16-17H,2,6,9-12H2,1H3,(H,21,23). The number of carbonyl (C=O) groups excluding carboxylic acids is 2. The highest BCUT2D eigenvalue weighted by Gasteiger charge is 2.36. The molecule has 0 bridgehead atoms. The van der Waals surface area contributed by atoms with Crippen LogP contribution in [0.5, 0.6) is 0 Å². The number of benzene rings is 1. The Balaban J connectivity index is 1.56. The normalized spacial score (nSPS) is 22.7. The average molecular weight is 378 g/mol. The molecule has 1 N–H and O–H groups in total. The minimum atomic E-state index is -0.471. The van der Waals surface area contributed by atoms with Crippen LogP contribution in [0.1, 0.15) is 31.7 Å². The number of halogens is 1. The van der Waals surface area contributed by atoms with Crippen molar-refractivity contribution >= 4 is 29.3 Å². The number of thioether (sulfide) groups is 1. The zero-order chi connectivity index (χ0) is 18.5. The monoisotopic (exact) mass is 378 g/mol. The first-order valence-corrected chi connectivity index (χ1v) is 10.0. The van der Waals surface area contributed by atoms with Crippen LogP contribution in [-0.4, -0.2) is 47.2 Å². The molecule has 1 aliphatic carbocycles. The third kappa shape index (κ3) is 4.38. The van der Waals surface area contributed by atoms with E-state index >= 15 is 0 Å². The molecule has 7 heteroatoms. The van der Waals surface area contributed by atoms with E-state index in [0.717, 1.165) is 24.8 Å². The van der Waals surface area contributed by atoms with E-state index in [1.54, 1.807) is 30.8 Å². The van der Waals surface area contributed by atoms with Gasteiger partial charge in [-0.3, -0.25) is 9.69 Å². The fourth-order valence-electron chi connectivity index (χ4n) is 3.23. The van der Waals surface area contributed by atoms with Gasteiger partial charge in [0.2, 0.25) is 5.91 Å². The molecule has 2 amide bonds. The molecule has 2 unspecified atom stereocenters. The topological polar surface area (TPSA) is 58.6 Å². The van der Waals surface area contributed by atoms with E-state index in [0.29, 0.717) is 18.2 Å². The van der Waals surface area contributed by atoms with Crippen LogP contribution in [0.3, 0.4) is 0 Å². The maximum atomic E-state index is 13.0. The van der Waals surface area contributed by atoms with Crippen molar-refractivity contribution in [2.75, 3.05) is 18.2 Å². The van der Waals surface area contributed by atoms with E-state index in [1.165, 1.54) is 22.6 Å². The number of allylic oxidation sites excluding steroid dienone is 1. The predicted molar refractivity (Wildman–Crippen MR) is 100 cm³/mol. The van der Waals surface area contributed by atoms with Gasteiger partial charge in [-0.1, -0.05) is 18.2 Å². The molecule has 1 fully saturated rings. The van der Waals surface area contributed by atoms with E-state index in [9.17, 15) is 14.0 Å². The van der Waals surface area contributed by atoms with Gasteiger partial charge in [-0.25, -0.2) is 9.18 Å². The molecule has 26 heavy (non-hydrogen) atoms. The number of nitrogens with zero attached hydrogens (tertiary/aromatic N) is 1. The minimum Gasteiger partial charge on any atom is -0.450 e. The van der Waals surface area contributed by atoms with Gasteiger partial charge in [0.25, 0.3) is 0 Å². The summed E-state index contributed by atoms with van der Waals surface area (Å²) in [5, 5.41) is 3.06. The molecule has 0 radical (unpaired) electrons. The number of hydrogen-bond donors (Lipinski definition) is 1. The first-order chi connectivity index (χ1) is 12.6. The second-order valence-corrected chi connectivity index (χ2v) is 7.40. The summed E-state index contributed by atoms with van der Waals surface area (Å²) in [6.45, 7) is 2.05. The molecule has 1 aromatic rings. The predicted octanol–water partition coefficient (Wildman–Crippen LogP) is 3.41. The Morgan fingerprint density at radius 3 is 2.77 bits per heavy atom. The Morgan fingerprint density at radius 2 is 2.12 bits per heavy atom. The molecule has 0 spiro atoms. The lowest BCUT2D eigenvalue weighted by atomic mass is 9.90. The maximum Gasteiger partial charge on any atom is 0.411 e. The van der Waals surface area contributed by atoms with E-state index in [1.807, 2.05) is 0 Å². The quantitative estimate of drug-likeness (QED) is 0.872. The van der Waals surface area contributed by atoms with Crippen LogP contribution in [0, 0.1) is 5.82 Å². The van der Waals surface area contributed by atoms with Crippen LogP contribution in [0.2, 0.25) is 0 Å². The van der Waals surface area contributed by atoms with Gasteiger partial charge in [0.05, 0.1) is 12.5 Å². The van der Waals surface area contributed by atoms with Gasteiger partial charge in [-0.2, -0.15) is 0 Å². The molecular formula is C19H23FN2O3S. The van der Waals surface area contributed by atoms with Gasteiger partial charge in [0, 0.05) is 11.8 Å². The summed E-state index contributed by atoms with van der Waals surface area (Å²) in [5.74, 6) is 0.715. The minimum absolute atomic E-state index is 0.0568. The Hall–Kier alpha value is -2.02. The van der Waals surface area contributed by atoms with E-state index in [4.69, 9.17) is 4.74 Å². The molecule has 0 saturated carbocycles.